The van der Waals surface area contributed by atoms with Gasteiger partial charge >= 0.3 is 0 Å². The molecule has 1 saturated heterocycles. The molecule has 4 N–H and O–H groups in total. The van der Waals surface area contributed by atoms with E-state index in [4.69, 9.17) is 9.57 Å². The molecule has 1 heterocycles. The van der Waals surface area contributed by atoms with Crippen molar-refractivity contribution in [2.75, 3.05) is 55.0 Å². The zero-order valence-corrected chi connectivity index (χ0v) is 40.0. The number of amides is 2. The van der Waals surface area contributed by atoms with E-state index in [0.29, 0.717) is 53.5 Å². The summed E-state index contributed by atoms with van der Waals surface area (Å²) >= 11 is 0. The number of nitrogens with one attached hydrogen (secondary N) is 2. The van der Waals surface area contributed by atoms with Gasteiger partial charge in [-0.1, -0.05) is 73.6 Å². The topological polar surface area (TPSA) is 127 Å². The van der Waals surface area contributed by atoms with Gasteiger partial charge in [0.15, 0.2) is 0 Å². The molecule has 0 aromatic rings. The van der Waals surface area contributed by atoms with Crippen molar-refractivity contribution in [1.82, 2.24) is 25.5 Å². The van der Waals surface area contributed by atoms with Gasteiger partial charge in [0.25, 0.3) is 0 Å². The third-order valence-electron chi connectivity index (χ3n) is 17.7. The molecular formula is C49H89N5O6. The number of carbonyl (C=O) groups is 2. The molecule has 0 radical (unpaired) electrons. The lowest BCUT2D eigenvalue weighted by Gasteiger charge is -2.62. The van der Waals surface area contributed by atoms with E-state index >= 15 is 0 Å². The molecule has 8 unspecified atom stereocenters. The van der Waals surface area contributed by atoms with Crippen LogP contribution in [0.4, 0.5) is 0 Å². The lowest BCUT2D eigenvalue weighted by molar-refractivity contribution is -0.197. The van der Waals surface area contributed by atoms with E-state index in [2.05, 4.69) is 90.2 Å². The quantitative estimate of drug-likeness (QED) is 0.152. The van der Waals surface area contributed by atoms with Gasteiger partial charge < -0.3 is 35.4 Å². The predicted molar refractivity (Wildman–Crippen MR) is 239 cm³/mol. The molecule has 0 aromatic heterocycles. The van der Waals surface area contributed by atoms with Crippen molar-refractivity contribution in [3.05, 3.63) is 0 Å². The van der Waals surface area contributed by atoms with Crippen molar-refractivity contribution < 1.29 is 29.4 Å². The van der Waals surface area contributed by atoms with Gasteiger partial charge in [0.2, 0.25) is 11.8 Å². The second-order valence-electron chi connectivity index (χ2n) is 23.4. The van der Waals surface area contributed by atoms with Crippen LogP contribution in [-0.2, 0) is 19.2 Å². The Balaban J connectivity index is 1.23. The van der Waals surface area contributed by atoms with E-state index in [1.807, 2.05) is 12.2 Å². The fraction of sp³-hybridized carbons (Fsp3) is 0.959. The van der Waals surface area contributed by atoms with Crippen molar-refractivity contribution in [2.24, 2.45) is 70.0 Å². The lowest BCUT2D eigenvalue weighted by atomic mass is 9.45. The monoisotopic (exact) mass is 844 g/mol. The first-order chi connectivity index (χ1) is 28.2. The van der Waals surface area contributed by atoms with E-state index in [9.17, 15) is 19.8 Å². The number of likely N-dealkylation sites (N-methyl/N-ethyl adjacent to an activating group) is 1. The summed E-state index contributed by atoms with van der Waals surface area (Å²) in [5.41, 5.74) is 0.353. The van der Waals surface area contributed by atoms with Crippen molar-refractivity contribution in [2.45, 2.75) is 174 Å². The Bertz CT molecular complexity index is 1410. The smallest absolute Gasteiger partial charge is 0.240 e. The zero-order valence-electron chi connectivity index (χ0n) is 40.0. The summed E-state index contributed by atoms with van der Waals surface area (Å²) in [7, 11) is 10.4. The van der Waals surface area contributed by atoms with Crippen LogP contribution in [0.1, 0.15) is 132 Å². The summed E-state index contributed by atoms with van der Waals surface area (Å²) in [6, 6.07) is -0.192. The number of rotatable bonds is 15. The van der Waals surface area contributed by atoms with Crippen LogP contribution in [0.15, 0.2) is 0 Å². The van der Waals surface area contributed by atoms with Crippen LogP contribution < -0.4 is 10.6 Å². The largest absolute Gasteiger partial charge is 0.394 e. The summed E-state index contributed by atoms with van der Waals surface area (Å²) in [5.74, 6) is 2.71. The van der Waals surface area contributed by atoms with Gasteiger partial charge in [0.05, 0.1) is 18.8 Å². The van der Waals surface area contributed by atoms with E-state index in [1.54, 1.807) is 6.92 Å². The van der Waals surface area contributed by atoms with Gasteiger partial charge in [0.1, 0.15) is 12.1 Å². The molecule has 0 spiro atoms. The van der Waals surface area contributed by atoms with Gasteiger partial charge in [-0.15, -0.1) is 0 Å². The molecule has 11 nitrogen and oxygen atoms in total. The molecule has 16 atom stereocenters. The fourth-order valence-electron chi connectivity index (χ4n) is 13.9. The number of aliphatic hydroxyl groups excluding tert-OH is 2. The first-order valence-corrected chi connectivity index (χ1v) is 24.4. The Morgan fingerprint density at radius 2 is 1.67 bits per heavy atom. The predicted octanol–water partition coefficient (Wildman–Crippen LogP) is 6.21. The van der Waals surface area contributed by atoms with E-state index in [-0.39, 0.29) is 59.8 Å². The van der Waals surface area contributed by atoms with Gasteiger partial charge in [0, 0.05) is 56.1 Å². The molecule has 6 aliphatic carbocycles. The number of aliphatic hydroxyl groups is 2. The van der Waals surface area contributed by atoms with E-state index in [1.165, 1.54) is 38.5 Å². The van der Waals surface area contributed by atoms with Crippen molar-refractivity contribution in [1.29, 1.82) is 0 Å². The van der Waals surface area contributed by atoms with Crippen molar-refractivity contribution >= 4 is 11.8 Å². The second kappa shape index (κ2) is 19.8. The molecule has 7 aliphatic rings. The third-order valence-corrected chi connectivity index (χ3v) is 17.7. The number of carbonyl (C=O) groups excluding carboxylic acids is 2. The second-order valence-corrected chi connectivity index (χ2v) is 23.4. The Morgan fingerprint density at radius 1 is 0.967 bits per heavy atom. The highest BCUT2D eigenvalue weighted by molar-refractivity contribution is 5.83. The minimum absolute atomic E-state index is 0.0459. The molecule has 2 amide bonds. The Hall–Kier alpha value is -1.34. The first kappa shape index (κ1) is 48.1. The van der Waals surface area contributed by atoms with Crippen LogP contribution in [-0.4, -0.2) is 134 Å². The first-order valence-electron chi connectivity index (χ1n) is 24.4. The number of methoxy groups -OCH3 is 1. The highest BCUT2D eigenvalue weighted by Crippen LogP contribution is 2.61. The average molecular weight is 844 g/mol. The van der Waals surface area contributed by atoms with Crippen molar-refractivity contribution in [3.8, 4) is 0 Å². The Kier molecular flexibility index (Phi) is 15.9. The number of hydrogen-bond donors (Lipinski definition) is 4. The molecule has 6 saturated carbocycles. The number of hydrogen-bond acceptors (Lipinski definition) is 9. The van der Waals surface area contributed by atoms with Crippen LogP contribution in [0.2, 0.25) is 0 Å². The average Bonchev–Trinajstić information content (AvgIpc) is 3.56. The number of hydroxylamine groups is 2. The van der Waals surface area contributed by atoms with Crippen LogP contribution in [0.3, 0.4) is 0 Å². The maximum Gasteiger partial charge on any atom is 0.240 e. The maximum atomic E-state index is 14.6. The standard InChI is InChI=1S/C49H89N5O6/c1-29-40-24-36(49(40,6)7)25-41(29)51-47(58)44-43(30(2)56)42(28-55)60-54(44)26-34-20-35(48(3,4)5)23-39(45(34)59-12)32-19-33(22-38(21-32)53(10)11)46(57)50-37(27-52(8)9)18-31-16-14-13-15-17-31/h29-45,55-56H,13-28H2,1-12H3,(H,50,57)(H,51,58)/t29-,30-,32?,33?,34?,35?,36+,37-,38?,39?,40-,41?,42-,43+,44-,45?/m0/s1. The summed E-state index contributed by atoms with van der Waals surface area (Å²) < 4.78 is 6.62. The molecule has 7 rings (SSSR count). The van der Waals surface area contributed by atoms with Crippen LogP contribution in [0, 0.1) is 70.0 Å². The molecule has 60 heavy (non-hydrogen) atoms. The third kappa shape index (κ3) is 10.6. The summed E-state index contributed by atoms with van der Waals surface area (Å²) in [5, 5.41) is 30.7. The number of nitrogens with zero attached hydrogens (tertiary/aromatic N) is 3. The molecular weight excluding hydrogens is 755 g/mol. The SMILES string of the molecule is COC1C(CN2O[C@@H](CO)[C@@H]([C@H](C)O)[C@H]2C(=O)NC2C[C@H]3C[C@@H]([C@@H]2C)C3(C)C)CC(C(C)(C)C)CC1C1CC(C(=O)N[C@@H](CC2CCCCC2)CN(C)C)CC(N(C)C)C1. The Labute approximate surface area is 365 Å². The molecule has 346 valence electrons. The molecule has 11 heteroatoms. The van der Waals surface area contributed by atoms with Crippen LogP contribution in [0.5, 0.6) is 0 Å². The van der Waals surface area contributed by atoms with Crippen LogP contribution in [0.25, 0.3) is 0 Å². The van der Waals surface area contributed by atoms with Gasteiger partial charge in [-0.3, -0.25) is 14.4 Å². The summed E-state index contributed by atoms with van der Waals surface area (Å²) in [6.45, 7) is 16.9. The van der Waals surface area contributed by atoms with Crippen molar-refractivity contribution in [3.63, 3.8) is 0 Å². The van der Waals surface area contributed by atoms with Gasteiger partial charge in [-0.2, -0.15) is 5.06 Å². The molecule has 0 aromatic carbocycles. The maximum absolute atomic E-state index is 14.6. The van der Waals surface area contributed by atoms with E-state index in [0.717, 1.165) is 51.5 Å². The molecule has 7 fully saturated rings. The highest BCUT2D eigenvalue weighted by Gasteiger charge is 2.58. The van der Waals surface area contributed by atoms with Crippen LogP contribution >= 0.6 is 0 Å². The summed E-state index contributed by atoms with van der Waals surface area (Å²) in [6.07, 6.45) is 12.8. The minimum Gasteiger partial charge on any atom is -0.394 e. The van der Waals surface area contributed by atoms with E-state index < -0.39 is 24.2 Å². The zero-order chi connectivity index (χ0) is 43.8. The fourth-order valence-corrected chi connectivity index (χ4v) is 13.9. The number of ether oxygens (including phenoxy) is 1. The highest BCUT2D eigenvalue weighted by atomic mass is 16.7. The van der Waals surface area contributed by atoms with Gasteiger partial charge in [-0.05, 0) is 139 Å². The summed E-state index contributed by atoms with van der Waals surface area (Å²) in [4.78, 5) is 40.2. The minimum atomic E-state index is -0.841. The lowest BCUT2D eigenvalue weighted by Crippen LogP contribution is -2.62. The molecule has 2 bridgehead atoms. The Morgan fingerprint density at radius 3 is 2.23 bits per heavy atom. The normalized spacial score (nSPS) is 39.9. The number of fused-ring (bicyclic) bond motifs is 2. The molecule has 1 aliphatic heterocycles. The van der Waals surface area contributed by atoms with Gasteiger partial charge in [-0.25, -0.2) is 0 Å².